The Morgan fingerprint density at radius 1 is 1.07 bits per heavy atom. The number of non-ortho nitro benzene ring substituents is 1. The number of hydrogen-bond donors (Lipinski definition) is 0. The molecule has 0 N–H and O–H groups in total. The van der Waals surface area contributed by atoms with Crippen LogP contribution >= 0.6 is 0 Å². The van der Waals surface area contributed by atoms with Crippen molar-refractivity contribution in [1.82, 2.24) is 4.31 Å². The van der Waals surface area contributed by atoms with E-state index in [0.29, 0.717) is 30.3 Å². The van der Waals surface area contributed by atoms with Crippen molar-refractivity contribution in [3.8, 4) is 11.5 Å². The molecule has 0 amide bonds. The summed E-state index contributed by atoms with van der Waals surface area (Å²) in [5.41, 5.74) is 0.436. The number of hydrogen-bond acceptors (Lipinski definition) is 6. The summed E-state index contributed by atoms with van der Waals surface area (Å²) in [6, 6.07) is 9.79. The molecule has 9 heteroatoms. The highest BCUT2D eigenvalue weighted by Crippen LogP contribution is 2.33. The number of nitro benzene ring substituents is 1. The Kier molecular flexibility index (Phi) is 6.98. The van der Waals surface area contributed by atoms with Gasteiger partial charge >= 0.3 is 0 Å². The largest absolute Gasteiger partial charge is 0.490 e. The summed E-state index contributed by atoms with van der Waals surface area (Å²) in [6.07, 6.45) is 0. The first-order valence-corrected chi connectivity index (χ1v) is 10.3. The molecule has 0 aliphatic rings. The molecule has 0 aromatic heterocycles. The van der Waals surface area contributed by atoms with Crippen molar-refractivity contribution in [3.63, 3.8) is 0 Å². The molecule has 152 valence electrons. The minimum Gasteiger partial charge on any atom is -0.490 e. The zero-order valence-corrected chi connectivity index (χ0v) is 17.1. The van der Waals surface area contributed by atoms with Crippen LogP contribution in [0.4, 0.5) is 5.69 Å². The molecule has 2 aromatic carbocycles. The second-order valence-corrected chi connectivity index (χ2v) is 8.02. The zero-order valence-electron chi connectivity index (χ0n) is 16.3. The highest BCUT2D eigenvalue weighted by atomic mass is 32.2. The molecule has 0 aliphatic heterocycles. The fraction of sp³-hybridized carbons (Fsp3) is 0.368. The monoisotopic (exact) mass is 408 g/mol. The first kappa shape index (κ1) is 21.6. The van der Waals surface area contributed by atoms with E-state index in [2.05, 4.69) is 0 Å². The maximum absolute atomic E-state index is 13.1. The van der Waals surface area contributed by atoms with E-state index in [9.17, 15) is 18.5 Å². The molecule has 0 bridgehead atoms. The first-order chi connectivity index (χ1) is 13.2. The van der Waals surface area contributed by atoms with Gasteiger partial charge in [-0.2, -0.15) is 4.31 Å². The average Bonchev–Trinajstić information content (AvgIpc) is 2.68. The van der Waals surface area contributed by atoms with Gasteiger partial charge in [0.15, 0.2) is 11.5 Å². The lowest BCUT2D eigenvalue weighted by molar-refractivity contribution is -0.384. The number of nitrogens with zero attached hydrogens (tertiary/aromatic N) is 2. The summed E-state index contributed by atoms with van der Waals surface area (Å²) < 4.78 is 38.3. The summed E-state index contributed by atoms with van der Waals surface area (Å²) in [4.78, 5) is 10.5. The fourth-order valence-electron chi connectivity index (χ4n) is 2.67. The van der Waals surface area contributed by atoms with E-state index < -0.39 is 21.0 Å². The van der Waals surface area contributed by atoms with E-state index in [1.165, 1.54) is 41.7 Å². The molecule has 2 aromatic rings. The standard InChI is InChI=1S/C19H24N2O6S/c1-5-26-18-11-10-17(13-19(18)27-6-2)28(24,25)20(4)14(3)15-8-7-9-16(12-15)21(22)23/h7-14H,5-6H2,1-4H3. The molecule has 2 rings (SSSR count). The summed E-state index contributed by atoms with van der Waals surface area (Å²) in [6.45, 7) is 6.09. The minimum atomic E-state index is -3.86. The minimum absolute atomic E-state index is 0.0548. The van der Waals surface area contributed by atoms with Crippen LogP contribution in [0.3, 0.4) is 0 Å². The topological polar surface area (TPSA) is 99.0 Å². The van der Waals surface area contributed by atoms with Gasteiger partial charge in [-0.05, 0) is 38.5 Å². The molecular weight excluding hydrogens is 384 g/mol. The van der Waals surface area contributed by atoms with Crippen LogP contribution in [0.1, 0.15) is 32.4 Å². The number of rotatable bonds is 9. The second-order valence-electron chi connectivity index (χ2n) is 6.02. The van der Waals surface area contributed by atoms with Crippen LogP contribution in [0.15, 0.2) is 47.4 Å². The van der Waals surface area contributed by atoms with Gasteiger partial charge in [0.1, 0.15) is 0 Å². The maximum atomic E-state index is 13.1. The Hall–Kier alpha value is -2.65. The lowest BCUT2D eigenvalue weighted by Crippen LogP contribution is -2.29. The molecule has 8 nitrogen and oxygen atoms in total. The predicted molar refractivity (Wildman–Crippen MR) is 105 cm³/mol. The average molecular weight is 408 g/mol. The SMILES string of the molecule is CCOc1ccc(S(=O)(=O)N(C)C(C)c2cccc([N+](=O)[O-])c2)cc1OCC. The van der Waals surface area contributed by atoms with E-state index in [-0.39, 0.29) is 10.6 Å². The molecule has 0 spiro atoms. The van der Waals surface area contributed by atoms with Crippen LogP contribution in [-0.2, 0) is 10.0 Å². The van der Waals surface area contributed by atoms with Crippen molar-refractivity contribution in [2.75, 3.05) is 20.3 Å². The number of benzene rings is 2. The van der Waals surface area contributed by atoms with Crippen LogP contribution in [0.5, 0.6) is 11.5 Å². The Morgan fingerprint density at radius 2 is 1.71 bits per heavy atom. The van der Waals surface area contributed by atoms with Gasteiger partial charge in [-0.25, -0.2) is 8.42 Å². The highest BCUT2D eigenvalue weighted by Gasteiger charge is 2.28. The van der Waals surface area contributed by atoms with Gasteiger partial charge in [0.05, 0.1) is 23.0 Å². The highest BCUT2D eigenvalue weighted by molar-refractivity contribution is 7.89. The van der Waals surface area contributed by atoms with E-state index in [1.54, 1.807) is 26.0 Å². The Morgan fingerprint density at radius 3 is 2.32 bits per heavy atom. The molecular formula is C19H24N2O6S. The number of nitro groups is 1. The van der Waals surface area contributed by atoms with Crippen LogP contribution < -0.4 is 9.47 Å². The van der Waals surface area contributed by atoms with Crippen molar-refractivity contribution in [1.29, 1.82) is 0 Å². The molecule has 0 heterocycles. The van der Waals surface area contributed by atoms with Gasteiger partial charge < -0.3 is 9.47 Å². The van der Waals surface area contributed by atoms with Gasteiger partial charge in [-0.1, -0.05) is 12.1 Å². The molecule has 1 unspecified atom stereocenters. The first-order valence-electron chi connectivity index (χ1n) is 8.84. The van der Waals surface area contributed by atoms with Gasteiger partial charge in [0.2, 0.25) is 10.0 Å². The van der Waals surface area contributed by atoms with Crippen LogP contribution in [0.25, 0.3) is 0 Å². The van der Waals surface area contributed by atoms with Gasteiger partial charge in [-0.3, -0.25) is 10.1 Å². The fourth-order valence-corrected chi connectivity index (χ4v) is 4.04. The summed E-state index contributed by atoms with van der Waals surface area (Å²) >= 11 is 0. The molecule has 1 atom stereocenters. The van der Waals surface area contributed by atoms with Gasteiger partial charge in [0, 0.05) is 31.3 Å². The van der Waals surface area contributed by atoms with E-state index in [1.807, 2.05) is 6.92 Å². The zero-order chi connectivity index (χ0) is 20.9. The lowest BCUT2D eigenvalue weighted by Gasteiger charge is -2.25. The number of ether oxygens (including phenoxy) is 2. The van der Waals surface area contributed by atoms with Crippen molar-refractivity contribution in [2.45, 2.75) is 31.7 Å². The third-order valence-electron chi connectivity index (χ3n) is 4.30. The third kappa shape index (κ3) is 4.60. The van der Waals surface area contributed by atoms with E-state index in [0.717, 1.165) is 0 Å². The second kappa shape index (κ2) is 9.03. The molecule has 0 radical (unpaired) electrons. The molecule has 0 fully saturated rings. The normalized spacial score (nSPS) is 12.6. The maximum Gasteiger partial charge on any atom is 0.269 e. The quantitative estimate of drug-likeness (QED) is 0.463. The Bertz CT molecular complexity index is 945. The smallest absolute Gasteiger partial charge is 0.269 e. The van der Waals surface area contributed by atoms with Crippen molar-refractivity contribution >= 4 is 15.7 Å². The Balaban J connectivity index is 2.38. The van der Waals surface area contributed by atoms with Crippen molar-refractivity contribution in [3.05, 3.63) is 58.1 Å². The van der Waals surface area contributed by atoms with Crippen molar-refractivity contribution < 1.29 is 22.8 Å². The van der Waals surface area contributed by atoms with Crippen LogP contribution in [0.2, 0.25) is 0 Å². The predicted octanol–water partition coefficient (Wildman–Crippen LogP) is 3.77. The molecule has 0 saturated heterocycles. The molecule has 0 aliphatic carbocycles. The van der Waals surface area contributed by atoms with E-state index in [4.69, 9.17) is 9.47 Å². The van der Waals surface area contributed by atoms with E-state index >= 15 is 0 Å². The van der Waals surface area contributed by atoms with Gasteiger partial charge in [-0.15, -0.1) is 0 Å². The van der Waals surface area contributed by atoms with Crippen LogP contribution in [0, 0.1) is 10.1 Å². The van der Waals surface area contributed by atoms with Crippen LogP contribution in [-0.4, -0.2) is 37.9 Å². The number of sulfonamides is 1. The van der Waals surface area contributed by atoms with Gasteiger partial charge in [0.25, 0.3) is 5.69 Å². The van der Waals surface area contributed by atoms with Crippen molar-refractivity contribution in [2.24, 2.45) is 0 Å². The summed E-state index contributed by atoms with van der Waals surface area (Å²) in [5.74, 6) is 0.819. The lowest BCUT2D eigenvalue weighted by atomic mass is 10.1. The third-order valence-corrected chi connectivity index (χ3v) is 6.22. The molecule has 28 heavy (non-hydrogen) atoms. The molecule has 0 saturated carbocycles. The Labute approximate surface area is 164 Å². The summed E-state index contributed by atoms with van der Waals surface area (Å²) in [7, 11) is -2.42. The summed E-state index contributed by atoms with van der Waals surface area (Å²) in [5, 5.41) is 11.0.